The van der Waals surface area contributed by atoms with Gasteiger partial charge >= 0.3 is 6.03 Å². The Hall–Kier alpha value is -4.75. The maximum atomic E-state index is 13.7. The van der Waals surface area contributed by atoms with Crippen molar-refractivity contribution in [1.82, 2.24) is 14.8 Å². The molecular formula is C32H36N4O6. The zero-order valence-corrected chi connectivity index (χ0v) is 24.5. The quantitative estimate of drug-likeness (QED) is 0.413. The molecule has 3 aromatic rings. The summed E-state index contributed by atoms with van der Waals surface area (Å²) >= 11 is 0. The molecule has 3 amide bonds. The Morgan fingerprint density at radius 2 is 1.86 bits per heavy atom. The minimum absolute atomic E-state index is 0.156. The molecule has 0 radical (unpaired) electrons. The number of likely N-dealkylation sites (N-methyl/N-ethyl adjacent to an activating group) is 1. The second kappa shape index (κ2) is 13.7. The molecule has 1 aliphatic rings. The maximum absolute atomic E-state index is 13.7. The standard InChI is InChI=1S/C32H36N4O6/c1-21-18-36(22(2)20-37)31(38)28-15-24(10-9-23-11-13-26(40-4)14-12-23)17-33-30(28)42-29(21)19-35(3)32(39)34-25-7-6-8-27(16-25)41-5/h6-8,11-17,21-22,29,37H,18-20H2,1-5H3,(H,34,39)/t21-,22-,29-/m1/s1. The number of nitrogens with one attached hydrogen (secondary N) is 1. The Balaban J connectivity index is 1.59. The van der Waals surface area contributed by atoms with Gasteiger partial charge in [-0.15, -0.1) is 0 Å². The number of hydrogen-bond donors (Lipinski definition) is 2. The summed E-state index contributed by atoms with van der Waals surface area (Å²) in [5.41, 5.74) is 2.17. The lowest BCUT2D eigenvalue weighted by Crippen LogP contribution is -2.50. The van der Waals surface area contributed by atoms with Gasteiger partial charge in [-0.05, 0) is 49.4 Å². The van der Waals surface area contributed by atoms with E-state index in [-0.39, 0.29) is 42.5 Å². The molecule has 2 aromatic carbocycles. The van der Waals surface area contributed by atoms with Crippen molar-refractivity contribution in [2.24, 2.45) is 5.92 Å². The van der Waals surface area contributed by atoms with Crippen LogP contribution in [0.5, 0.6) is 17.4 Å². The highest BCUT2D eigenvalue weighted by atomic mass is 16.5. The molecule has 0 aliphatic carbocycles. The van der Waals surface area contributed by atoms with Crippen molar-refractivity contribution in [1.29, 1.82) is 0 Å². The van der Waals surface area contributed by atoms with Crippen LogP contribution in [0.25, 0.3) is 0 Å². The highest BCUT2D eigenvalue weighted by molar-refractivity contribution is 5.97. The lowest BCUT2D eigenvalue weighted by Gasteiger charge is -2.37. The molecule has 42 heavy (non-hydrogen) atoms. The highest BCUT2D eigenvalue weighted by Gasteiger charge is 2.34. The van der Waals surface area contributed by atoms with Crippen molar-refractivity contribution in [2.75, 3.05) is 46.3 Å². The second-order valence-electron chi connectivity index (χ2n) is 10.2. The normalized spacial score (nSPS) is 16.9. The Labute approximate surface area is 246 Å². The molecule has 10 nitrogen and oxygen atoms in total. The molecule has 4 rings (SSSR count). The van der Waals surface area contributed by atoms with Crippen LogP contribution in [0, 0.1) is 17.8 Å². The van der Waals surface area contributed by atoms with Crippen LogP contribution in [-0.4, -0.2) is 84.9 Å². The maximum Gasteiger partial charge on any atom is 0.321 e. The van der Waals surface area contributed by atoms with Gasteiger partial charge in [-0.3, -0.25) is 4.79 Å². The number of carbonyl (C=O) groups excluding carboxylic acids is 2. The van der Waals surface area contributed by atoms with E-state index in [0.29, 0.717) is 23.5 Å². The Morgan fingerprint density at radius 1 is 1.14 bits per heavy atom. The average molecular weight is 573 g/mol. The van der Waals surface area contributed by atoms with Gasteiger partial charge in [0.25, 0.3) is 5.91 Å². The Kier molecular flexibility index (Phi) is 9.89. The van der Waals surface area contributed by atoms with E-state index in [1.807, 2.05) is 31.2 Å². The lowest BCUT2D eigenvalue weighted by atomic mass is 10.00. The molecule has 3 atom stereocenters. The number of nitrogens with zero attached hydrogens (tertiary/aromatic N) is 3. The summed E-state index contributed by atoms with van der Waals surface area (Å²) in [6.07, 6.45) is 1.07. The SMILES string of the molecule is COc1ccc(C#Cc2cnc3c(c2)C(=O)N([C@H](C)CO)C[C@@H](C)[C@@H](CN(C)C(=O)Nc2cccc(OC)c2)O3)cc1. The number of benzene rings is 2. The van der Waals surface area contributed by atoms with Crippen LogP contribution in [-0.2, 0) is 0 Å². The fraction of sp³-hybridized carbons (Fsp3) is 0.344. The van der Waals surface area contributed by atoms with E-state index in [4.69, 9.17) is 14.2 Å². The van der Waals surface area contributed by atoms with E-state index in [9.17, 15) is 14.7 Å². The molecule has 10 heteroatoms. The summed E-state index contributed by atoms with van der Waals surface area (Å²) in [4.78, 5) is 34.3. The van der Waals surface area contributed by atoms with Crippen LogP contribution in [0.15, 0.2) is 60.8 Å². The Morgan fingerprint density at radius 3 is 2.55 bits per heavy atom. The summed E-state index contributed by atoms with van der Waals surface area (Å²) in [6.45, 7) is 4.08. The number of amides is 3. The van der Waals surface area contributed by atoms with E-state index in [1.54, 1.807) is 69.6 Å². The first-order chi connectivity index (χ1) is 20.2. The molecule has 0 fully saturated rings. The van der Waals surface area contributed by atoms with Gasteiger partial charge in [0.15, 0.2) is 0 Å². The van der Waals surface area contributed by atoms with E-state index < -0.39 is 12.1 Å². The van der Waals surface area contributed by atoms with Gasteiger partial charge in [-0.2, -0.15) is 0 Å². The predicted octanol–water partition coefficient (Wildman–Crippen LogP) is 3.88. The minimum atomic E-state index is -0.491. The van der Waals surface area contributed by atoms with Crippen molar-refractivity contribution >= 4 is 17.6 Å². The molecule has 1 aliphatic heterocycles. The summed E-state index contributed by atoms with van der Waals surface area (Å²) in [5, 5.41) is 12.8. The van der Waals surface area contributed by atoms with Gasteiger partial charge < -0.3 is 34.4 Å². The number of methoxy groups -OCH3 is 2. The van der Waals surface area contributed by atoms with Gasteiger partial charge in [-0.1, -0.05) is 24.8 Å². The zero-order valence-electron chi connectivity index (χ0n) is 24.5. The van der Waals surface area contributed by atoms with Crippen LogP contribution in [0.1, 0.15) is 35.3 Å². The largest absolute Gasteiger partial charge is 0.497 e. The monoisotopic (exact) mass is 572 g/mol. The smallest absolute Gasteiger partial charge is 0.321 e. The van der Waals surface area contributed by atoms with Gasteiger partial charge in [0, 0.05) is 48.6 Å². The van der Waals surface area contributed by atoms with E-state index >= 15 is 0 Å². The molecule has 0 saturated carbocycles. The summed E-state index contributed by atoms with van der Waals surface area (Å²) in [5.74, 6) is 7.17. The number of hydrogen-bond acceptors (Lipinski definition) is 7. The topological polar surface area (TPSA) is 113 Å². The molecule has 2 heterocycles. The van der Waals surface area contributed by atoms with Crippen LogP contribution in [0.3, 0.4) is 0 Å². The minimum Gasteiger partial charge on any atom is -0.497 e. The number of ether oxygens (including phenoxy) is 3. The number of aliphatic hydroxyl groups excluding tert-OH is 1. The van der Waals surface area contributed by atoms with Crippen LogP contribution >= 0.6 is 0 Å². The van der Waals surface area contributed by atoms with Crippen molar-refractivity contribution in [3.63, 3.8) is 0 Å². The summed E-state index contributed by atoms with van der Waals surface area (Å²) in [7, 11) is 4.84. The first-order valence-electron chi connectivity index (χ1n) is 13.6. The number of aliphatic hydroxyl groups is 1. The van der Waals surface area contributed by atoms with E-state index in [2.05, 4.69) is 22.1 Å². The number of fused-ring (bicyclic) bond motifs is 1. The number of carbonyl (C=O) groups is 2. The molecule has 0 saturated heterocycles. The van der Waals surface area contributed by atoms with Crippen molar-refractivity contribution in [3.8, 4) is 29.2 Å². The molecule has 2 N–H and O–H groups in total. The zero-order chi connectivity index (χ0) is 30.2. The molecular weight excluding hydrogens is 536 g/mol. The number of urea groups is 1. The third-order valence-electron chi connectivity index (χ3n) is 7.08. The first-order valence-corrected chi connectivity index (χ1v) is 13.6. The molecule has 0 unspecified atom stereocenters. The van der Waals surface area contributed by atoms with Crippen molar-refractivity contribution in [2.45, 2.75) is 26.0 Å². The van der Waals surface area contributed by atoms with Gasteiger partial charge in [0.1, 0.15) is 23.2 Å². The number of aromatic nitrogens is 1. The van der Waals surface area contributed by atoms with Crippen LogP contribution < -0.4 is 19.5 Å². The van der Waals surface area contributed by atoms with Gasteiger partial charge in [0.05, 0.1) is 33.4 Å². The number of anilines is 1. The second-order valence-corrected chi connectivity index (χ2v) is 10.2. The summed E-state index contributed by atoms with van der Waals surface area (Å²) in [6, 6.07) is 15.3. The number of pyridine rings is 1. The van der Waals surface area contributed by atoms with Crippen molar-refractivity contribution < 1.29 is 28.9 Å². The molecule has 220 valence electrons. The van der Waals surface area contributed by atoms with Gasteiger partial charge in [-0.25, -0.2) is 9.78 Å². The van der Waals surface area contributed by atoms with Crippen molar-refractivity contribution in [3.05, 3.63) is 77.5 Å². The molecule has 0 spiro atoms. The fourth-order valence-corrected chi connectivity index (χ4v) is 4.48. The number of rotatable bonds is 7. The average Bonchev–Trinajstić information content (AvgIpc) is 3.01. The third kappa shape index (κ3) is 7.30. The van der Waals surface area contributed by atoms with Gasteiger partial charge in [0.2, 0.25) is 5.88 Å². The summed E-state index contributed by atoms with van der Waals surface area (Å²) < 4.78 is 16.7. The molecule has 1 aromatic heterocycles. The third-order valence-corrected chi connectivity index (χ3v) is 7.08. The first kappa shape index (κ1) is 30.2. The van der Waals surface area contributed by atoms with Crippen LogP contribution in [0.4, 0.5) is 10.5 Å². The Bertz CT molecular complexity index is 1470. The fourth-order valence-electron chi connectivity index (χ4n) is 4.48. The van der Waals surface area contributed by atoms with E-state index in [0.717, 1.165) is 11.3 Å². The molecule has 0 bridgehead atoms. The van der Waals surface area contributed by atoms with E-state index in [1.165, 1.54) is 4.90 Å². The van der Waals surface area contributed by atoms with Crippen LogP contribution in [0.2, 0.25) is 0 Å². The predicted molar refractivity (Wildman–Crippen MR) is 159 cm³/mol. The lowest BCUT2D eigenvalue weighted by molar-refractivity contribution is 0.0356. The highest BCUT2D eigenvalue weighted by Crippen LogP contribution is 2.27.